The molecule has 2 fully saturated rings. The third kappa shape index (κ3) is 7.18. The molecule has 9 nitrogen and oxygen atoms in total. The molecule has 0 aromatic heterocycles. The zero-order chi connectivity index (χ0) is 36.8. The number of methoxy groups -OCH3 is 1. The molecule has 5 aliphatic rings. The fourth-order valence-corrected chi connectivity index (χ4v) is 9.08. The second kappa shape index (κ2) is 14.5. The van der Waals surface area contributed by atoms with Gasteiger partial charge in [-0.2, -0.15) is 0 Å². The fourth-order valence-electron chi connectivity index (χ4n) is 8.88. The second-order valence-corrected chi connectivity index (χ2v) is 16.2. The van der Waals surface area contributed by atoms with Gasteiger partial charge in [0.25, 0.3) is 5.92 Å². The van der Waals surface area contributed by atoms with E-state index in [9.17, 15) is 23.5 Å². The monoisotopic (exact) mass is 741 g/mol. The summed E-state index contributed by atoms with van der Waals surface area (Å²) in [7, 11) is 2.86. The van der Waals surface area contributed by atoms with Gasteiger partial charge in [-0.1, -0.05) is 35.9 Å². The Labute approximate surface area is 309 Å². The molecule has 2 aliphatic carbocycles. The van der Waals surface area contributed by atoms with Gasteiger partial charge in [0.05, 0.1) is 51.6 Å². The summed E-state index contributed by atoms with van der Waals surface area (Å²) in [5, 5.41) is 12.7. The van der Waals surface area contributed by atoms with Crippen LogP contribution in [0.4, 0.5) is 14.5 Å². The fraction of sp³-hybridized carbons (Fsp3) is 0.600. The summed E-state index contributed by atoms with van der Waals surface area (Å²) in [5.41, 5.74) is 0.921. The lowest BCUT2D eigenvalue weighted by Gasteiger charge is -2.47. The maximum atomic E-state index is 13.7. The molecule has 1 saturated heterocycles. The molecule has 6 atom stereocenters. The van der Waals surface area contributed by atoms with Crippen molar-refractivity contribution in [2.45, 2.75) is 81.0 Å². The van der Waals surface area contributed by atoms with E-state index in [4.69, 9.17) is 25.8 Å². The topological polar surface area (TPSA) is 91.8 Å². The summed E-state index contributed by atoms with van der Waals surface area (Å²) in [5.74, 6) is -2.87. The standard InChI is InChI=1S/C40H50ClF2N3O6/c1-26(46-23-39(42,43)24-46)21-51-34-8-4-5-16-44(2)36(47)19-40(49,37(48)50-3)29-10-14-35-33(18-29)45(20-28-9-12-31(28)34)22-38(25-52-35)15-6-7-27-17-30(41)11-13-32(27)38/h4,8,10-11,13-14,17-18,26,28,31,34,49H,5-7,9,12,15-16,19-25H2,1-3H3/b8-4+/t26?,28-,31+,34-,38-,40+/m0/s1. The lowest BCUT2D eigenvalue weighted by molar-refractivity contribution is -0.168. The normalized spacial score (nSPS) is 31.6. The number of amides is 1. The molecule has 12 heteroatoms. The molecule has 1 amide bonds. The number of alkyl halides is 2. The maximum Gasteiger partial charge on any atom is 0.343 e. The number of anilines is 1. The average Bonchev–Trinajstić information content (AvgIpc) is 3.25. The first kappa shape index (κ1) is 37.1. The van der Waals surface area contributed by atoms with E-state index >= 15 is 0 Å². The molecule has 2 bridgehead atoms. The summed E-state index contributed by atoms with van der Waals surface area (Å²) in [6, 6.07) is 11.2. The van der Waals surface area contributed by atoms with E-state index in [2.05, 4.69) is 23.1 Å². The van der Waals surface area contributed by atoms with Gasteiger partial charge in [-0.05, 0) is 98.2 Å². The van der Waals surface area contributed by atoms with Crippen LogP contribution in [0.3, 0.4) is 0 Å². The summed E-state index contributed by atoms with van der Waals surface area (Å²) >= 11 is 6.46. The van der Waals surface area contributed by atoms with Gasteiger partial charge in [0.1, 0.15) is 5.75 Å². The molecule has 1 spiro atoms. The SMILES string of the molecule is COC(=O)[C@@]1(O)CC(=O)N(C)CC/C=C/[C@H](OCC(C)N2CC(F)(F)C2)[C@@H]2CC[C@H]2CN2C[C@@]3(CCCc4cc(Cl)ccc43)COc3ccc1cc32. The number of carbonyl (C=O) groups excluding carboxylic acids is 2. The minimum absolute atomic E-state index is 0.142. The molecule has 0 radical (unpaired) electrons. The Morgan fingerprint density at radius 2 is 1.96 bits per heavy atom. The number of ether oxygens (including phenoxy) is 3. The maximum absolute atomic E-state index is 13.7. The second-order valence-electron chi connectivity index (χ2n) is 15.8. The van der Waals surface area contributed by atoms with Crippen molar-refractivity contribution in [1.82, 2.24) is 9.80 Å². The first-order chi connectivity index (χ1) is 24.8. The highest BCUT2D eigenvalue weighted by Crippen LogP contribution is 2.48. The van der Waals surface area contributed by atoms with Crippen molar-refractivity contribution in [3.05, 3.63) is 70.3 Å². The Morgan fingerprint density at radius 3 is 2.69 bits per heavy atom. The van der Waals surface area contributed by atoms with Crippen LogP contribution in [0.2, 0.25) is 5.02 Å². The number of aryl methyl sites for hydroxylation is 1. The molecule has 1 saturated carbocycles. The molecule has 282 valence electrons. The number of halogens is 3. The van der Waals surface area contributed by atoms with Crippen LogP contribution in [0.25, 0.3) is 0 Å². The summed E-state index contributed by atoms with van der Waals surface area (Å²) in [6.07, 6.45) is 8.71. The molecule has 3 aliphatic heterocycles. The van der Waals surface area contributed by atoms with Crippen LogP contribution < -0.4 is 9.64 Å². The number of hydrogen-bond donors (Lipinski definition) is 1. The van der Waals surface area contributed by atoms with Crippen molar-refractivity contribution in [3.8, 4) is 5.75 Å². The van der Waals surface area contributed by atoms with Crippen LogP contribution in [0.5, 0.6) is 5.75 Å². The molecule has 1 N–H and O–H groups in total. The van der Waals surface area contributed by atoms with Gasteiger partial charge in [0, 0.05) is 43.2 Å². The van der Waals surface area contributed by atoms with E-state index in [1.807, 2.05) is 19.1 Å². The third-order valence-electron chi connectivity index (χ3n) is 12.2. The van der Waals surface area contributed by atoms with E-state index in [1.165, 1.54) is 23.1 Å². The van der Waals surface area contributed by atoms with E-state index in [0.717, 1.165) is 37.8 Å². The minimum atomic E-state index is -2.64. The average molecular weight is 742 g/mol. The van der Waals surface area contributed by atoms with Gasteiger partial charge in [-0.25, -0.2) is 13.6 Å². The highest BCUT2D eigenvalue weighted by molar-refractivity contribution is 6.30. The van der Waals surface area contributed by atoms with Gasteiger partial charge in [0.2, 0.25) is 5.91 Å². The smallest absolute Gasteiger partial charge is 0.343 e. The largest absolute Gasteiger partial charge is 0.490 e. The predicted molar refractivity (Wildman–Crippen MR) is 194 cm³/mol. The van der Waals surface area contributed by atoms with E-state index in [1.54, 1.807) is 30.1 Å². The molecular formula is C40H50ClF2N3O6. The number of likely N-dealkylation sites (tertiary alicyclic amines) is 1. The predicted octanol–water partition coefficient (Wildman–Crippen LogP) is 5.73. The number of fused-ring (bicyclic) bond motifs is 4. The van der Waals surface area contributed by atoms with Crippen LogP contribution in [0, 0.1) is 11.8 Å². The van der Waals surface area contributed by atoms with E-state index in [0.29, 0.717) is 50.0 Å². The van der Waals surface area contributed by atoms with E-state index < -0.39 is 29.8 Å². The first-order valence-corrected chi connectivity index (χ1v) is 18.9. The Balaban J connectivity index is 1.26. The number of nitrogens with zero attached hydrogens (tertiary/aromatic N) is 3. The Morgan fingerprint density at radius 1 is 1.15 bits per heavy atom. The minimum Gasteiger partial charge on any atom is -0.490 e. The molecular weight excluding hydrogens is 692 g/mol. The van der Waals surface area contributed by atoms with Crippen molar-refractivity contribution in [2.75, 3.05) is 65.0 Å². The van der Waals surface area contributed by atoms with Crippen molar-refractivity contribution in [2.24, 2.45) is 11.8 Å². The number of esters is 1. The Kier molecular flexibility index (Phi) is 10.4. The number of hydrogen-bond acceptors (Lipinski definition) is 8. The van der Waals surface area contributed by atoms with Gasteiger partial charge >= 0.3 is 5.97 Å². The lowest BCUT2D eigenvalue weighted by atomic mass is 9.68. The van der Waals surface area contributed by atoms with Gasteiger partial charge in [-0.3, -0.25) is 9.69 Å². The molecule has 7 rings (SSSR count). The molecule has 2 aromatic rings. The zero-order valence-electron chi connectivity index (χ0n) is 30.3. The molecule has 52 heavy (non-hydrogen) atoms. The quantitative estimate of drug-likeness (QED) is 0.307. The van der Waals surface area contributed by atoms with Crippen LogP contribution in [-0.2, 0) is 36.5 Å². The van der Waals surface area contributed by atoms with Gasteiger partial charge < -0.3 is 29.1 Å². The van der Waals surface area contributed by atoms with Crippen molar-refractivity contribution < 1.29 is 37.7 Å². The lowest BCUT2D eigenvalue weighted by Crippen LogP contribution is -2.60. The number of rotatable bonds is 5. The number of carbonyl (C=O) groups is 2. The van der Waals surface area contributed by atoms with Crippen LogP contribution in [0.1, 0.15) is 62.1 Å². The van der Waals surface area contributed by atoms with Crippen molar-refractivity contribution >= 4 is 29.2 Å². The van der Waals surface area contributed by atoms with E-state index in [-0.39, 0.29) is 48.0 Å². The highest BCUT2D eigenvalue weighted by Gasteiger charge is 2.48. The molecule has 3 heterocycles. The van der Waals surface area contributed by atoms with Crippen LogP contribution in [0.15, 0.2) is 48.6 Å². The number of aliphatic hydroxyl groups is 1. The van der Waals surface area contributed by atoms with Gasteiger partial charge in [0.15, 0.2) is 5.60 Å². The van der Waals surface area contributed by atoms with Crippen molar-refractivity contribution in [1.29, 1.82) is 0 Å². The molecule has 2 aromatic carbocycles. The first-order valence-electron chi connectivity index (χ1n) is 18.6. The summed E-state index contributed by atoms with van der Waals surface area (Å²) < 4.78 is 45.6. The third-order valence-corrected chi connectivity index (χ3v) is 12.4. The zero-order valence-corrected chi connectivity index (χ0v) is 31.0. The number of benzene rings is 2. The Hall–Kier alpha value is -3.25. The Bertz CT molecular complexity index is 1700. The molecule has 1 unspecified atom stereocenters. The van der Waals surface area contributed by atoms with Crippen LogP contribution in [-0.4, -0.2) is 105 Å². The highest BCUT2D eigenvalue weighted by atomic mass is 35.5. The van der Waals surface area contributed by atoms with Gasteiger partial charge in [-0.15, -0.1) is 0 Å². The van der Waals surface area contributed by atoms with Crippen molar-refractivity contribution in [3.63, 3.8) is 0 Å². The van der Waals surface area contributed by atoms with Crippen LogP contribution >= 0.6 is 11.6 Å². The summed E-state index contributed by atoms with van der Waals surface area (Å²) in [4.78, 5) is 32.4. The summed E-state index contributed by atoms with van der Waals surface area (Å²) in [6.45, 7) is 3.92.